The van der Waals surface area contributed by atoms with Crippen LogP contribution in [0, 0.1) is 0 Å². The molecule has 0 aliphatic rings. The normalized spacial score (nSPS) is 12.0. The number of benzene rings is 1. The van der Waals surface area contributed by atoms with Gasteiger partial charge in [0, 0.05) is 13.1 Å². The second kappa shape index (κ2) is 9.20. The molecule has 5 heteroatoms. The number of hydrogen-bond donors (Lipinski definition) is 1. The molecule has 1 aromatic carbocycles. The molecule has 1 atom stereocenters. The molecule has 1 N–H and O–H groups in total. The van der Waals surface area contributed by atoms with Crippen molar-refractivity contribution in [3.8, 4) is 0 Å². The Labute approximate surface area is 133 Å². The van der Waals surface area contributed by atoms with E-state index in [1.165, 1.54) is 0 Å². The van der Waals surface area contributed by atoms with Crippen LogP contribution in [0.3, 0.4) is 0 Å². The Bertz CT molecular complexity index is 472. The predicted octanol–water partition coefficient (Wildman–Crippen LogP) is 1.66. The van der Waals surface area contributed by atoms with Gasteiger partial charge >= 0.3 is 0 Å². The molecule has 0 fully saturated rings. The van der Waals surface area contributed by atoms with E-state index in [2.05, 4.69) is 5.32 Å². The Morgan fingerprint density at radius 2 is 1.68 bits per heavy atom. The van der Waals surface area contributed by atoms with Gasteiger partial charge in [-0.3, -0.25) is 14.5 Å². The predicted molar refractivity (Wildman–Crippen MR) is 88.4 cm³/mol. The van der Waals surface area contributed by atoms with Crippen molar-refractivity contribution in [1.29, 1.82) is 0 Å². The molecule has 22 heavy (non-hydrogen) atoms. The fraction of sp³-hybridized carbons (Fsp3) is 0.529. The molecule has 0 spiro atoms. The molecule has 122 valence electrons. The highest BCUT2D eigenvalue weighted by molar-refractivity contribution is 5.81. The average Bonchev–Trinajstić information content (AvgIpc) is 2.48. The van der Waals surface area contributed by atoms with Gasteiger partial charge in [-0.2, -0.15) is 0 Å². The monoisotopic (exact) mass is 305 g/mol. The first-order valence-electron chi connectivity index (χ1n) is 7.78. The van der Waals surface area contributed by atoms with Crippen LogP contribution >= 0.6 is 0 Å². The topological polar surface area (TPSA) is 52.7 Å². The first-order chi connectivity index (χ1) is 10.5. The number of nitrogens with one attached hydrogen (secondary N) is 1. The van der Waals surface area contributed by atoms with Crippen LogP contribution in [0.15, 0.2) is 30.3 Å². The van der Waals surface area contributed by atoms with Gasteiger partial charge < -0.3 is 10.2 Å². The maximum atomic E-state index is 12.0. The van der Waals surface area contributed by atoms with Gasteiger partial charge in [0.05, 0.1) is 19.1 Å². The third kappa shape index (κ3) is 5.85. The number of rotatable bonds is 8. The fourth-order valence-electron chi connectivity index (χ4n) is 2.32. The van der Waals surface area contributed by atoms with E-state index in [1.807, 2.05) is 51.1 Å². The maximum absolute atomic E-state index is 12.0. The van der Waals surface area contributed by atoms with Crippen LogP contribution in [0.4, 0.5) is 0 Å². The van der Waals surface area contributed by atoms with E-state index < -0.39 is 0 Å². The van der Waals surface area contributed by atoms with Gasteiger partial charge in [-0.25, -0.2) is 0 Å². The van der Waals surface area contributed by atoms with Crippen LogP contribution < -0.4 is 5.32 Å². The molecule has 0 saturated carbocycles. The number of nitrogens with zero attached hydrogens (tertiary/aromatic N) is 2. The van der Waals surface area contributed by atoms with E-state index >= 15 is 0 Å². The van der Waals surface area contributed by atoms with Gasteiger partial charge in [-0.15, -0.1) is 0 Å². The van der Waals surface area contributed by atoms with Crippen LogP contribution in [-0.2, 0) is 9.59 Å². The zero-order valence-electron chi connectivity index (χ0n) is 14.0. The summed E-state index contributed by atoms with van der Waals surface area (Å²) in [5.74, 6) is -0.0254. The van der Waals surface area contributed by atoms with E-state index in [4.69, 9.17) is 0 Å². The SMILES string of the molecule is CCN(CC)C(=O)CN(C)CC(=O)N[C@H](C)c1ccccc1. The van der Waals surface area contributed by atoms with Crippen molar-refractivity contribution in [3.63, 3.8) is 0 Å². The van der Waals surface area contributed by atoms with E-state index in [9.17, 15) is 9.59 Å². The summed E-state index contributed by atoms with van der Waals surface area (Å²) in [6.45, 7) is 7.72. The molecule has 0 aliphatic carbocycles. The Morgan fingerprint density at radius 3 is 2.23 bits per heavy atom. The summed E-state index contributed by atoms with van der Waals surface area (Å²) in [6.07, 6.45) is 0. The van der Waals surface area contributed by atoms with E-state index in [0.717, 1.165) is 5.56 Å². The summed E-state index contributed by atoms with van der Waals surface area (Å²) >= 11 is 0. The molecule has 0 unspecified atom stereocenters. The van der Waals surface area contributed by atoms with Gasteiger partial charge in [0.25, 0.3) is 0 Å². The van der Waals surface area contributed by atoms with Crippen molar-refractivity contribution < 1.29 is 9.59 Å². The summed E-state index contributed by atoms with van der Waals surface area (Å²) in [4.78, 5) is 27.6. The molecule has 0 saturated heterocycles. The lowest BCUT2D eigenvalue weighted by Gasteiger charge is -2.23. The lowest BCUT2D eigenvalue weighted by molar-refractivity contribution is -0.132. The second-order valence-electron chi connectivity index (χ2n) is 5.44. The largest absolute Gasteiger partial charge is 0.348 e. The van der Waals surface area contributed by atoms with Gasteiger partial charge in [-0.05, 0) is 33.4 Å². The van der Waals surface area contributed by atoms with Crippen molar-refractivity contribution in [2.75, 3.05) is 33.2 Å². The van der Waals surface area contributed by atoms with Gasteiger partial charge in [-0.1, -0.05) is 30.3 Å². The first kappa shape index (κ1) is 18.2. The zero-order chi connectivity index (χ0) is 16.5. The third-order valence-corrected chi connectivity index (χ3v) is 3.61. The van der Waals surface area contributed by atoms with Crippen LogP contribution in [0.5, 0.6) is 0 Å². The van der Waals surface area contributed by atoms with Crippen molar-refractivity contribution in [1.82, 2.24) is 15.1 Å². The smallest absolute Gasteiger partial charge is 0.236 e. The highest BCUT2D eigenvalue weighted by Gasteiger charge is 2.16. The summed E-state index contributed by atoms with van der Waals surface area (Å²) in [7, 11) is 1.79. The lowest BCUT2D eigenvalue weighted by atomic mass is 10.1. The molecule has 5 nitrogen and oxygen atoms in total. The number of amides is 2. The Hall–Kier alpha value is -1.88. The molecular weight excluding hydrogens is 278 g/mol. The molecule has 0 bridgehead atoms. The highest BCUT2D eigenvalue weighted by atomic mass is 16.2. The Morgan fingerprint density at radius 1 is 1.09 bits per heavy atom. The van der Waals surface area contributed by atoms with E-state index in [0.29, 0.717) is 13.1 Å². The average molecular weight is 305 g/mol. The Kier molecular flexibility index (Phi) is 7.60. The lowest BCUT2D eigenvalue weighted by Crippen LogP contribution is -2.43. The van der Waals surface area contributed by atoms with Gasteiger partial charge in [0.2, 0.25) is 11.8 Å². The van der Waals surface area contributed by atoms with Crippen LogP contribution in [0.2, 0.25) is 0 Å². The van der Waals surface area contributed by atoms with Crippen molar-refractivity contribution in [2.45, 2.75) is 26.8 Å². The molecule has 0 heterocycles. The number of likely N-dealkylation sites (N-methyl/N-ethyl adjacent to an activating group) is 2. The maximum Gasteiger partial charge on any atom is 0.236 e. The van der Waals surface area contributed by atoms with Crippen LogP contribution in [0.1, 0.15) is 32.4 Å². The summed E-state index contributed by atoms with van der Waals surface area (Å²) in [5, 5.41) is 2.95. The number of carbonyl (C=O) groups excluding carboxylic acids is 2. The minimum Gasteiger partial charge on any atom is -0.348 e. The van der Waals surface area contributed by atoms with E-state index in [-0.39, 0.29) is 30.9 Å². The number of hydrogen-bond acceptors (Lipinski definition) is 3. The van der Waals surface area contributed by atoms with E-state index in [1.54, 1.807) is 16.8 Å². The van der Waals surface area contributed by atoms with Crippen molar-refractivity contribution in [3.05, 3.63) is 35.9 Å². The zero-order valence-corrected chi connectivity index (χ0v) is 14.0. The second-order valence-corrected chi connectivity index (χ2v) is 5.44. The third-order valence-electron chi connectivity index (χ3n) is 3.61. The minimum absolute atomic E-state index is 0.0411. The summed E-state index contributed by atoms with van der Waals surface area (Å²) in [5.41, 5.74) is 1.07. The summed E-state index contributed by atoms with van der Waals surface area (Å²) in [6, 6.07) is 9.78. The van der Waals surface area contributed by atoms with Crippen molar-refractivity contribution in [2.24, 2.45) is 0 Å². The highest BCUT2D eigenvalue weighted by Crippen LogP contribution is 2.10. The molecular formula is C17H27N3O2. The van der Waals surface area contributed by atoms with Crippen LogP contribution in [0.25, 0.3) is 0 Å². The molecule has 0 aromatic heterocycles. The Balaban J connectivity index is 2.43. The van der Waals surface area contributed by atoms with Crippen LogP contribution in [-0.4, -0.2) is 54.8 Å². The standard InChI is InChI=1S/C17H27N3O2/c1-5-20(6-2)17(22)13-19(4)12-16(21)18-14(3)15-10-8-7-9-11-15/h7-11,14H,5-6,12-13H2,1-4H3,(H,18,21)/t14-/m1/s1. The van der Waals surface area contributed by atoms with Gasteiger partial charge in [0.1, 0.15) is 0 Å². The summed E-state index contributed by atoms with van der Waals surface area (Å²) < 4.78 is 0. The minimum atomic E-state index is -0.0776. The molecule has 0 radical (unpaired) electrons. The fourth-order valence-corrected chi connectivity index (χ4v) is 2.32. The quantitative estimate of drug-likeness (QED) is 0.795. The number of carbonyl (C=O) groups is 2. The van der Waals surface area contributed by atoms with Gasteiger partial charge in [0.15, 0.2) is 0 Å². The molecule has 1 aromatic rings. The molecule has 1 rings (SSSR count). The molecule has 0 aliphatic heterocycles. The molecule has 2 amide bonds. The first-order valence-corrected chi connectivity index (χ1v) is 7.78. The van der Waals surface area contributed by atoms with Crippen molar-refractivity contribution >= 4 is 11.8 Å².